The van der Waals surface area contributed by atoms with Crippen molar-refractivity contribution in [2.24, 2.45) is 0 Å². The van der Waals surface area contributed by atoms with Crippen LogP contribution in [0.3, 0.4) is 0 Å². The first kappa shape index (κ1) is 17.7. The Hall–Kier alpha value is -2.67. The van der Waals surface area contributed by atoms with Gasteiger partial charge in [-0.15, -0.1) is 0 Å². The van der Waals surface area contributed by atoms with Crippen LogP contribution in [0.5, 0.6) is 0 Å². The van der Waals surface area contributed by atoms with Gasteiger partial charge in [-0.25, -0.2) is 4.79 Å². The molecule has 0 N–H and O–H groups in total. The summed E-state index contributed by atoms with van der Waals surface area (Å²) in [6.45, 7) is 6.09. The van der Waals surface area contributed by atoms with Crippen LogP contribution in [0, 0.1) is 0 Å². The highest BCUT2D eigenvalue weighted by atomic mass is 16.7. The Morgan fingerprint density at radius 1 is 1.08 bits per heavy atom. The van der Waals surface area contributed by atoms with E-state index in [0.29, 0.717) is 11.1 Å². The molecule has 1 aliphatic heterocycles. The van der Waals surface area contributed by atoms with E-state index in [1.165, 1.54) is 13.8 Å². The molecule has 1 aromatic rings. The average molecular weight is 334 g/mol. The Bertz CT molecular complexity index is 638. The summed E-state index contributed by atoms with van der Waals surface area (Å²) in [5.74, 6) is -1.68. The first-order valence-corrected chi connectivity index (χ1v) is 7.29. The van der Waals surface area contributed by atoms with Crippen molar-refractivity contribution in [3.8, 4) is 0 Å². The Morgan fingerprint density at radius 2 is 1.71 bits per heavy atom. The number of benzene rings is 1. The van der Waals surface area contributed by atoms with Gasteiger partial charge in [0.25, 0.3) is 0 Å². The third-order valence-corrected chi connectivity index (χ3v) is 3.27. The maximum Gasteiger partial charge on any atom is 0.338 e. The molecule has 3 atom stereocenters. The van der Waals surface area contributed by atoms with Crippen LogP contribution < -0.4 is 0 Å². The molecule has 0 spiro atoms. The molecule has 1 saturated heterocycles. The zero-order chi connectivity index (χ0) is 17.7. The van der Waals surface area contributed by atoms with Gasteiger partial charge in [0.15, 0.2) is 6.10 Å². The molecular weight excluding hydrogens is 316 g/mol. The first-order chi connectivity index (χ1) is 11.4. The molecule has 2 rings (SSSR count). The average Bonchev–Trinajstić information content (AvgIpc) is 2.81. The van der Waals surface area contributed by atoms with Gasteiger partial charge in [0.1, 0.15) is 12.7 Å². The highest BCUT2D eigenvalue weighted by molar-refractivity contribution is 5.89. The number of carbonyl (C=O) groups excluding carboxylic acids is 3. The van der Waals surface area contributed by atoms with Gasteiger partial charge < -0.3 is 18.9 Å². The second-order valence-corrected chi connectivity index (χ2v) is 5.17. The van der Waals surface area contributed by atoms with E-state index in [9.17, 15) is 14.4 Å². The maximum atomic E-state index is 11.9. The summed E-state index contributed by atoms with van der Waals surface area (Å²) in [5.41, 5.74) is 0.756. The van der Waals surface area contributed by atoms with E-state index in [1.807, 2.05) is 0 Å². The van der Waals surface area contributed by atoms with Crippen LogP contribution in [0.15, 0.2) is 42.5 Å². The molecule has 128 valence electrons. The van der Waals surface area contributed by atoms with Crippen LogP contribution in [0.25, 0.3) is 0 Å². The molecule has 0 aromatic heterocycles. The second-order valence-electron chi connectivity index (χ2n) is 5.17. The lowest BCUT2D eigenvalue weighted by molar-refractivity contribution is -0.195. The predicted octanol–water partition coefficient (Wildman–Crippen LogP) is 1.62. The Balaban J connectivity index is 2.00. The van der Waals surface area contributed by atoms with Crippen molar-refractivity contribution < 1.29 is 33.3 Å². The number of hydrogen-bond donors (Lipinski definition) is 0. The molecule has 7 heteroatoms. The molecular formula is C17H18O7. The second kappa shape index (κ2) is 7.74. The third kappa shape index (κ3) is 4.42. The Labute approximate surface area is 139 Å². The topological polar surface area (TPSA) is 88.1 Å². The van der Waals surface area contributed by atoms with Gasteiger partial charge in [-0.1, -0.05) is 24.8 Å². The monoisotopic (exact) mass is 334 g/mol. The lowest BCUT2D eigenvalue weighted by atomic mass is 10.1. The largest absolute Gasteiger partial charge is 0.459 e. The van der Waals surface area contributed by atoms with Crippen molar-refractivity contribution in [3.63, 3.8) is 0 Å². The van der Waals surface area contributed by atoms with E-state index in [1.54, 1.807) is 30.3 Å². The number of ether oxygens (including phenoxy) is 4. The van der Waals surface area contributed by atoms with Gasteiger partial charge >= 0.3 is 17.9 Å². The van der Waals surface area contributed by atoms with E-state index in [2.05, 4.69) is 6.58 Å². The molecule has 1 heterocycles. The standard InChI is InChI=1S/C17H18O7/c1-10-14(9-21-16(20)13-7-5-4-6-8-13)24-17(23-12(3)19)15(10)22-11(2)18/h4-8,14-15,17H,1,9H2,2-3H3/t14-,15-,17+/m1/s1. The molecule has 7 nitrogen and oxygen atoms in total. The molecule has 0 radical (unpaired) electrons. The zero-order valence-corrected chi connectivity index (χ0v) is 13.4. The summed E-state index contributed by atoms with van der Waals surface area (Å²) in [5, 5.41) is 0. The van der Waals surface area contributed by atoms with Crippen LogP contribution in [-0.4, -0.2) is 43.0 Å². The van der Waals surface area contributed by atoms with Crippen LogP contribution in [0.2, 0.25) is 0 Å². The van der Waals surface area contributed by atoms with Crippen molar-refractivity contribution in [3.05, 3.63) is 48.0 Å². The SMILES string of the molecule is C=C1[C@@H](OC(C)=O)[C@@H](OC(C)=O)O[C@@H]1COC(=O)c1ccccc1. The summed E-state index contributed by atoms with van der Waals surface area (Å²) in [6, 6.07) is 8.46. The quantitative estimate of drug-likeness (QED) is 0.459. The van der Waals surface area contributed by atoms with Crippen molar-refractivity contribution in [2.75, 3.05) is 6.61 Å². The van der Waals surface area contributed by atoms with E-state index >= 15 is 0 Å². The van der Waals surface area contributed by atoms with Gasteiger partial charge in [-0.05, 0) is 12.1 Å². The van der Waals surface area contributed by atoms with E-state index in [4.69, 9.17) is 18.9 Å². The Morgan fingerprint density at radius 3 is 2.29 bits per heavy atom. The van der Waals surface area contributed by atoms with E-state index in [0.717, 1.165) is 0 Å². The summed E-state index contributed by atoms with van der Waals surface area (Å²) < 4.78 is 20.7. The fourth-order valence-corrected chi connectivity index (χ4v) is 2.20. The smallest absolute Gasteiger partial charge is 0.338 e. The first-order valence-electron chi connectivity index (χ1n) is 7.29. The van der Waals surface area contributed by atoms with E-state index < -0.39 is 36.4 Å². The molecule has 0 unspecified atom stereocenters. The number of rotatable bonds is 5. The van der Waals surface area contributed by atoms with Crippen molar-refractivity contribution in [2.45, 2.75) is 32.3 Å². The highest BCUT2D eigenvalue weighted by Crippen LogP contribution is 2.29. The molecule has 0 saturated carbocycles. The predicted molar refractivity (Wildman–Crippen MR) is 81.8 cm³/mol. The summed E-state index contributed by atoms with van der Waals surface area (Å²) in [6.07, 6.45) is -2.79. The van der Waals surface area contributed by atoms with Gasteiger partial charge in [0.2, 0.25) is 6.29 Å². The maximum absolute atomic E-state index is 11.9. The molecule has 0 aliphatic carbocycles. The van der Waals surface area contributed by atoms with Crippen molar-refractivity contribution in [1.82, 2.24) is 0 Å². The molecule has 1 aromatic carbocycles. The van der Waals surface area contributed by atoms with Gasteiger partial charge in [-0.2, -0.15) is 0 Å². The summed E-state index contributed by atoms with van der Waals surface area (Å²) in [7, 11) is 0. The van der Waals surface area contributed by atoms with Crippen LogP contribution in [0.4, 0.5) is 0 Å². The minimum atomic E-state index is -1.11. The fraction of sp³-hybridized carbons (Fsp3) is 0.353. The molecule has 1 aliphatic rings. The number of carbonyl (C=O) groups is 3. The van der Waals surface area contributed by atoms with E-state index in [-0.39, 0.29) is 6.61 Å². The van der Waals surface area contributed by atoms with Crippen molar-refractivity contribution >= 4 is 17.9 Å². The van der Waals surface area contributed by atoms with Crippen molar-refractivity contribution in [1.29, 1.82) is 0 Å². The van der Waals surface area contributed by atoms with Gasteiger partial charge in [0, 0.05) is 19.4 Å². The minimum Gasteiger partial charge on any atom is -0.459 e. The number of esters is 3. The minimum absolute atomic E-state index is 0.137. The Kier molecular flexibility index (Phi) is 5.70. The number of hydrogen-bond acceptors (Lipinski definition) is 7. The highest BCUT2D eigenvalue weighted by Gasteiger charge is 2.43. The fourth-order valence-electron chi connectivity index (χ4n) is 2.20. The van der Waals surface area contributed by atoms with Gasteiger partial charge in [-0.3, -0.25) is 9.59 Å². The lowest BCUT2D eigenvalue weighted by Crippen LogP contribution is -2.31. The van der Waals surface area contributed by atoms with Crippen LogP contribution in [-0.2, 0) is 28.5 Å². The van der Waals surface area contributed by atoms with Crippen LogP contribution in [0.1, 0.15) is 24.2 Å². The summed E-state index contributed by atoms with van der Waals surface area (Å²) in [4.78, 5) is 34.3. The molecule has 0 bridgehead atoms. The molecule has 24 heavy (non-hydrogen) atoms. The van der Waals surface area contributed by atoms with Crippen LogP contribution >= 0.6 is 0 Å². The zero-order valence-electron chi connectivity index (χ0n) is 13.4. The summed E-state index contributed by atoms with van der Waals surface area (Å²) >= 11 is 0. The van der Waals surface area contributed by atoms with Gasteiger partial charge in [0.05, 0.1) is 5.56 Å². The third-order valence-electron chi connectivity index (χ3n) is 3.27. The normalized spacial score (nSPS) is 22.8. The molecule has 1 fully saturated rings. The lowest BCUT2D eigenvalue weighted by Gasteiger charge is -2.17. The molecule has 0 amide bonds.